The Morgan fingerprint density at radius 1 is 1.45 bits per heavy atom. The number of hydrogen-bond acceptors (Lipinski definition) is 2. The number of halogens is 4. The fourth-order valence-electron chi connectivity index (χ4n) is 1.52. The van der Waals surface area contributed by atoms with Gasteiger partial charge >= 0.3 is 6.18 Å². The summed E-state index contributed by atoms with van der Waals surface area (Å²) >= 11 is 5.65. The fraction of sp³-hybridized carbons (Fsp3) is 0.538. The lowest BCUT2D eigenvalue weighted by atomic mass is 10.1. The SMILES string of the molecule is CC(CCl)CCCNC(=O)c1ccc(C(F)(F)F)cn1. The van der Waals surface area contributed by atoms with E-state index in [-0.39, 0.29) is 5.69 Å². The van der Waals surface area contributed by atoms with Crippen LogP contribution in [0.25, 0.3) is 0 Å². The zero-order valence-corrected chi connectivity index (χ0v) is 11.8. The zero-order valence-electron chi connectivity index (χ0n) is 11.0. The first kappa shape index (κ1) is 16.8. The maximum Gasteiger partial charge on any atom is 0.417 e. The van der Waals surface area contributed by atoms with Gasteiger partial charge in [-0.3, -0.25) is 9.78 Å². The summed E-state index contributed by atoms with van der Waals surface area (Å²) < 4.78 is 37.0. The number of alkyl halides is 4. The number of hydrogen-bond donors (Lipinski definition) is 1. The molecule has 0 fully saturated rings. The standard InChI is InChI=1S/C13H16ClF3N2O/c1-9(7-14)3-2-6-18-12(20)11-5-4-10(8-19-11)13(15,16)17/h4-5,8-9H,2-3,6-7H2,1H3,(H,18,20). The summed E-state index contributed by atoms with van der Waals surface area (Å²) in [6.45, 7) is 2.45. The Kier molecular flexibility index (Phi) is 6.26. The highest BCUT2D eigenvalue weighted by Crippen LogP contribution is 2.28. The van der Waals surface area contributed by atoms with Crippen molar-refractivity contribution in [2.45, 2.75) is 25.9 Å². The molecule has 1 amide bonds. The minimum atomic E-state index is -4.44. The maximum absolute atomic E-state index is 12.3. The van der Waals surface area contributed by atoms with Crippen molar-refractivity contribution in [3.8, 4) is 0 Å². The second-order valence-electron chi connectivity index (χ2n) is 4.59. The molecule has 0 saturated heterocycles. The van der Waals surface area contributed by atoms with Gasteiger partial charge in [0, 0.05) is 18.6 Å². The molecule has 1 rings (SSSR count). The van der Waals surface area contributed by atoms with Crippen molar-refractivity contribution in [2.24, 2.45) is 5.92 Å². The van der Waals surface area contributed by atoms with E-state index in [1.807, 2.05) is 6.92 Å². The van der Waals surface area contributed by atoms with Gasteiger partial charge in [0.1, 0.15) is 5.69 Å². The van der Waals surface area contributed by atoms with Gasteiger partial charge in [0.25, 0.3) is 5.91 Å². The third kappa shape index (κ3) is 5.36. The molecule has 1 N–H and O–H groups in total. The van der Waals surface area contributed by atoms with Crippen molar-refractivity contribution in [3.05, 3.63) is 29.6 Å². The Morgan fingerprint density at radius 2 is 2.15 bits per heavy atom. The highest BCUT2D eigenvalue weighted by atomic mass is 35.5. The molecular weight excluding hydrogens is 293 g/mol. The lowest BCUT2D eigenvalue weighted by molar-refractivity contribution is -0.137. The number of rotatable bonds is 6. The largest absolute Gasteiger partial charge is 0.417 e. The van der Waals surface area contributed by atoms with Crippen LogP contribution in [0.1, 0.15) is 35.8 Å². The quantitative estimate of drug-likeness (QED) is 0.645. The van der Waals surface area contributed by atoms with Gasteiger partial charge in [0.05, 0.1) is 5.56 Å². The van der Waals surface area contributed by atoms with Crippen molar-refractivity contribution in [3.63, 3.8) is 0 Å². The molecule has 7 heteroatoms. The molecule has 0 aliphatic heterocycles. The Hall–Kier alpha value is -1.30. The number of carbonyl (C=O) groups excluding carboxylic acids is 1. The molecule has 0 spiro atoms. The van der Waals surface area contributed by atoms with Crippen molar-refractivity contribution in [1.29, 1.82) is 0 Å². The molecule has 0 bridgehead atoms. The highest BCUT2D eigenvalue weighted by Gasteiger charge is 2.30. The summed E-state index contributed by atoms with van der Waals surface area (Å²) in [5.74, 6) is 0.462. The van der Waals surface area contributed by atoms with E-state index in [4.69, 9.17) is 11.6 Å². The maximum atomic E-state index is 12.3. The second-order valence-corrected chi connectivity index (χ2v) is 4.90. The van der Waals surface area contributed by atoms with Crippen LogP contribution in [0.2, 0.25) is 0 Å². The number of carbonyl (C=O) groups is 1. The molecule has 1 aromatic rings. The van der Waals surface area contributed by atoms with Gasteiger partial charge < -0.3 is 5.32 Å². The van der Waals surface area contributed by atoms with Crippen molar-refractivity contribution in [2.75, 3.05) is 12.4 Å². The number of nitrogens with zero attached hydrogens (tertiary/aromatic N) is 1. The van der Waals surface area contributed by atoms with Gasteiger partial charge in [-0.25, -0.2) is 0 Å². The van der Waals surface area contributed by atoms with Crippen LogP contribution in [0, 0.1) is 5.92 Å². The lowest BCUT2D eigenvalue weighted by Crippen LogP contribution is -2.25. The molecule has 1 aromatic heterocycles. The van der Waals surface area contributed by atoms with Gasteiger partial charge in [-0.15, -0.1) is 11.6 Å². The van der Waals surface area contributed by atoms with Crippen LogP contribution in [0.4, 0.5) is 13.2 Å². The summed E-state index contributed by atoms with van der Waals surface area (Å²) in [6, 6.07) is 1.91. The molecule has 20 heavy (non-hydrogen) atoms. The molecule has 1 unspecified atom stereocenters. The Bertz CT molecular complexity index is 434. The summed E-state index contributed by atoms with van der Waals surface area (Å²) in [7, 11) is 0. The minimum Gasteiger partial charge on any atom is -0.351 e. The van der Waals surface area contributed by atoms with Gasteiger partial charge in [0.15, 0.2) is 0 Å². The van der Waals surface area contributed by atoms with Crippen LogP contribution >= 0.6 is 11.6 Å². The first-order valence-electron chi connectivity index (χ1n) is 6.22. The van der Waals surface area contributed by atoms with Crippen molar-refractivity contribution < 1.29 is 18.0 Å². The number of aromatic nitrogens is 1. The fourth-order valence-corrected chi connectivity index (χ4v) is 1.67. The van der Waals surface area contributed by atoms with Gasteiger partial charge in [0.2, 0.25) is 0 Å². The van der Waals surface area contributed by atoms with Crippen molar-refractivity contribution >= 4 is 17.5 Å². The number of pyridine rings is 1. The van der Waals surface area contributed by atoms with E-state index in [0.717, 1.165) is 25.0 Å². The third-order valence-corrected chi connectivity index (χ3v) is 3.27. The zero-order chi connectivity index (χ0) is 15.2. The second kappa shape index (κ2) is 7.47. The minimum absolute atomic E-state index is 0.0246. The van der Waals surface area contributed by atoms with E-state index in [0.29, 0.717) is 24.5 Å². The highest BCUT2D eigenvalue weighted by molar-refractivity contribution is 6.18. The topological polar surface area (TPSA) is 42.0 Å². The van der Waals surface area contributed by atoms with E-state index in [1.165, 1.54) is 0 Å². The average Bonchev–Trinajstić information content (AvgIpc) is 2.42. The van der Waals surface area contributed by atoms with E-state index in [9.17, 15) is 18.0 Å². The smallest absolute Gasteiger partial charge is 0.351 e. The van der Waals surface area contributed by atoms with E-state index in [2.05, 4.69) is 10.3 Å². The average molecular weight is 309 g/mol. The van der Waals surface area contributed by atoms with Crippen LogP contribution < -0.4 is 5.32 Å². The molecule has 0 aliphatic carbocycles. The first-order valence-corrected chi connectivity index (χ1v) is 6.75. The Balaban J connectivity index is 2.44. The van der Waals surface area contributed by atoms with Crippen LogP contribution in [-0.4, -0.2) is 23.3 Å². The van der Waals surface area contributed by atoms with Crippen LogP contribution in [0.15, 0.2) is 18.3 Å². The predicted octanol–water partition coefficient (Wildman–Crippen LogP) is 3.49. The predicted molar refractivity (Wildman–Crippen MR) is 70.7 cm³/mol. The summed E-state index contributed by atoms with van der Waals surface area (Å²) in [4.78, 5) is 15.2. The van der Waals surface area contributed by atoms with Crippen LogP contribution in [0.3, 0.4) is 0 Å². The summed E-state index contributed by atoms with van der Waals surface area (Å²) in [5.41, 5.74) is -0.895. The molecular formula is C13H16ClF3N2O. The molecule has 1 heterocycles. The van der Waals surface area contributed by atoms with Gasteiger partial charge in [-0.05, 0) is 30.9 Å². The lowest BCUT2D eigenvalue weighted by Gasteiger charge is -2.09. The molecule has 3 nitrogen and oxygen atoms in total. The summed E-state index contributed by atoms with van der Waals surface area (Å²) in [6.07, 6.45) is -2.14. The van der Waals surface area contributed by atoms with Crippen LogP contribution in [-0.2, 0) is 6.18 Å². The molecule has 1 atom stereocenters. The normalized spacial score (nSPS) is 13.1. The number of amides is 1. The van der Waals surface area contributed by atoms with E-state index in [1.54, 1.807) is 0 Å². The Morgan fingerprint density at radius 3 is 2.65 bits per heavy atom. The monoisotopic (exact) mass is 308 g/mol. The third-order valence-electron chi connectivity index (χ3n) is 2.75. The van der Waals surface area contributed by atoms with E-state index >= 15 is 0 Å². The van der Waals surface area contributed by atoms with Crippen LogP contribution in [0.5, 0.6) is 0 Å². The molecule has 0 aliphatic rings. The first-order chi connectivity index (χ1) is 9.34. The summed E-state index contributed by atoms with van der Waals surface area (Å²) in [5, 5.41) is 2.61. The molecule has 0 saturated carbocycles. The number of nitrogens with one attached hydrogen (secondary N) is 1. The van der Waals surface area contributed by atoms with E-state index < -0.39 is 17.6 Å². The molecule has 112 valence electrons. The molecule has 0 aromatic carbocycles. The Labute approximate surface area is 120 Å². The molecule has 0 radical (unpaired) electrons. The van der Waals surface area contributed by atoms with Gasteiger partial charge in [-0.2, -0.15) is 13.2 Å². The van der Waals surface area contributed by atoms with Gasteiger partial charge in [-0.1, -0.05) is 6.92 Å². The van der Waals surface area contributed by atoms with Crippen molar-refractivity contribution in [1.82, 2.24) is 10.3 Å².